The Hall–Kier alpha value is -3.28. The van der Waals surface area contributed by atoms with Crippen molar-refractivity contribution >= 4 is 28.9 Å². The van der Waals surface area contributed by atoms with Gasteiger partial charge < -0.3 is 10.2 Å². The Labute approximate surface area is 190 Å². The number of hydrogen-bond donors (Lipinski definition) is 1. The van der Waals surface area contributed by atoms with Crippen LogP contribution >= 0.6 is 0 Å². The monoisotopic (exact) mass is 432 g/mol. The van der Waals surface area contributed by atoms with Crippen molar-refractivity contribution in [3.8, 4) is 0 Å². The van der Waals surface area contributed by atoms with Gasteiger partial charge in [-0.3, -0.25) is 9.59 Å². The summed E-state index contributed by atoms with van der Waals surface area (Å²) < 4.78 is 0. The summed E-state index contributed by atoms with van der Waals surface area (Å²) >= 11 is 0. The van der Waals surface area contributed by atoms with Crippen LogP contribution in [0.5, 0.6) is 0 Å². The predicted octanol–water partition coefficient (Wildman–Crippen LogP) is 4.33. The molecule has 0 saturated carbocycles. The van der Waals surface area contributed by atoms with E-state index in [1.807, 2.05) is 61.5 Å². The largest absolute Gasteiger partial charge is 0.339 e. The molecule has 0 spiro atoms. The second-order valence-corrected chi connectivity index (χ2v) is 8.24. The molecular weight excluding hydrogens is 400 g/mol. The van der Waals surface area contributed by atoms with Crippen molar-refractivity contribution in [2.45, 2.75) is 58.4 Å². The van der Waals surface area contributed by atoms with Crippen molar-refractivity contribution in [1.29, 1.82) is 0 Å². The Morgan fingerprint density at radius 2 is 1.81 bits per heavy atom. The van der Waals surface area contributed by atoms with Gasteiger partial charge in [-0.05, 0) is 49.8 Å². The molecule has 1 aliphatic rings. The number of benzene rings is 2. The van der Waals surface area contributed by atoms with Gasteiger partial charge in [0.05, 0.1) is 0 Å². The molecule has 0 bridgehead atoms. The lowest BCUT2D eigenvalue weighted by Crippen LogP contribution is -2.48. The van der Waals surface area contributed by atoms with E-state index in [0.717, 1.165) is 41.8 Å². The Balaban J connectivity index is 1.72. The molecule has 0 aromatic heterocycles. The summed E-state index contributed by atoms with van der Waals surface area (Å²) in [6.45, 7) is 3.98. The number of nitrogens with zero attached hydrogens (tertiary/aromatic N) is 3. The van der Waals surface area contributed by atoms with Crippen LogP contribution in [0.1, 0.15) is 50.7 Å². The number of unbranched alkanes of at least 4 members (excludes halogenated alkanes) is 1. The summed E-state index contributed by atoms with van der Waals surface area (Å²) in [6, 6.07) is 17.3. The number of aryl methyl sites for hydroxylation is 1. The molecule has 1 N–H and O–H groups in total. The van der Waals surface area contributed by atoms with Gasteiger partial charge in [0.1, 0.15) is 11.8 Å². The number of para-hydroxylation sites is 1. The lowest BCUT2D eigenvalue weighted by Gasteiger charge is -2.22. The third-order valence-electron chi connectivity index (χ3n) is 5.66. The van der Waals surface area contributed by atoms with Crippen LogP contribution in [0.2, 0.25) is 0 Å². The van der Waals surface area contributed by atoms with Gasteiger partial charge in [0.25, 0.3) is 5.91 Å². The Kier molecular flexibility index (Phi) is 8.31. The molecule has 3 rings (SSSR count). The smallest absolute Gasteiger partial charge is 0.268 e. The highest BCUT2D eigenvalue weighted by molar-refractivity contribution is 6.39. The number of anilines is 1. The van der Waals surface area contributed by atoms with Crippen LogP contribution < -0.4 is 10.2 Å². The summed E-state index contributed by atoms with van der Waals surface area (Å²) in [5, 5.41) is 11.5. The highest BCUT2D eigenvalue weighted by Crippen LogP contribution is 2.25. The summed E-state index contributed by atoms with van der Waals surface area (Å²) in [5.74, 6) is -0.422. The first kappa shape index (κ1) is 23.4. The Morgan fingerprint density at radius 3 is 2.56 bits per heavy atom. The molecule has 0 saturated heterocycles. The molecule has 0 aliphatic carbocycles. The number of amides is 2. The van der Waals surface area contributed by atoms with Gasteiger partial charge in [0.15, 0.2) is 0 Å². The fourth-order valence-corrected chi connectivity index (χ4v) is 3.83. The molecule has 6 heteroatoms. The van der Waals surface area contributed by atoms with Gasteiger partial charge in [-0.1, -0.05) is 61.9 Å². The molecule has 0 radical (unpaired) electrons. The van der Waals surface area contributed by atoms with E-state index < -0.39 is 6.04 Å². The quantitative estimate of drug-likeness (QED) is 0.498. The number of likely N-dealkylation sites (N-methyl/N-ethyl adjacent to an activating group) is 1. The van der Waals surface area contributed by atoms with Gasteiger partial charge in [0.2, 0.25) is 5.91 Å². The van der Waals surface area contributed by atoms with Crippen LogP contribution in [-0.2, 0) is 22.4 Å². The van der Waals surface area contributed by atoms with Crippen molar-refractivity contribution in [1.82, 2.24) is 5.32 Å². The molecule has 1 heterocycles. The van der Waals surface area contributed by atoms with E-state index in [0.29, 0.717) is 25.0 Å². The molecule has 2 aromatic carbocycles. The van der Waals surface area contributed by atoms with Crippen molar-refractivity contribution in [3.63, 3.8) is 0 Å². The first-order chi connectivity index (χ1) is 15.5. The predicted molar refractivity (Wildman–Crippen MR) is 130 cm³/mol. The molecule has 2 amide bonds. The summed E-state index contributed by atoms with van der Waals surface area (Å²) in [4.78, 5) is 27.7. The van der Waals surface area contributed by atoms with Crippen LogP contribution in [0.3, 0.4) is 0 Å². The second kappa shape index (κ2) is 11.4. The minimum atomic E-state index is -0.582. The maximum absolute atomic E-state index is 13.0. The fraction of sp³-hybridized carbons (Fsp3) is 0.385. The van der Waals surface area contributed by atoms with E-state index in [9.17, 15) is 9.59 Å². The molecular formula is C26H32N4O2. The van der Waals surface area contributed by atoms with E-state index in [1.54, 1.807) is 11.9 Å². The minimum Gasteiger partial charge on any atom is -0.339 e. The van der Waals surface area contributed by atoms with E-state index in [2.05, 4.69) is 22.4 Å². The van der Waals surface area contributed by atoms with Crippen molar-refractivity contribution in [3.05, 3.63) is 65.7 Å². The third kappa shape index (κ3) is 6.13. The second-order valence-electron chi connectivity index (χ2n) is 8.24. The maximum atomic E-state index is 13.0. The lowest BCUT2D eigenvalue weighted by molar-refractivity contribution is -0.124. The zero-order valence-electron chi connectivity index (χ0n) is 19.2. The molecule has 0 unspecified atom stereocenters. The van der Waals surface area contributed by atoms with Gasteiger partial charge in [-0.15, -0.1) is 5.10 Å². The van der Waals surface area contributed by atoms with Crippen molar-refractivity contribution in [2.24, 2.45) is 10.2 Å². The average Bonchev–Trinajstić information content (AvgIpc) is 2.92. The molecule has 0 fully saturated rings. The maximum Gasteiger partial charge on any atom is 0.268 e. The number of carbonyl (C=O) groups is 2. The molecule has 2 aromatic rings. The third-order valence-corrected chi connectivity index (χ3v) is 5.66. The van der Waals surface area contributed by atoms with E-state index in [1.165, 1.54) is 0 Å². The highest BCUT2D eigenvalue weighted by atomic mass is 16.2. The van der Waals surface area contributed by atoms with E-state index >= 15 is 0 Å². The number of hydrogen-bond acceptors (Lipinski definition) is 4. The van der Waals surface area contributed by atoms with Gasteiger partial charge in [-0.2, -0.15) is 5.10 Å². The zero-order chi connectivity index (χ0) is 22.9. The van der Waals surface area contributed by atoms with Gasteiger partial charge in [0, 0.05) is 24.9 Å². The average molecular weight is 433 g/mol. The van der Waals surface area contributed by atoms with Crippen LogP contribution in [0, 0.1) is 0 Å². The number of carbonyl (C=O) groups excluding carboxylic acids is 2. The Bertz CT molecular complexity index is 998. The van der Waals surface area contributed by atoms with Crippen LogP contribution in [0.25, 0.3) is 0 Å². The molecule has 6 nitrogen and oxygen atoms in total. The first-order valence-corrected chi connectivity index (χ1v) is 11.3. The molecule has 1 atom stereocenters. The minimum absolute atomic E-state index is 0.109. The summed E-state index contributed by atoms with van der Waals surface area (Å²) in [7, 11) is 1.76. The number of fused-ring (bicyclic) bond motifs is 1. The summed E-state index contributed by atoms with van der Waals surface area (Å²) in [6.07, 6.45) is 4.28. The van der Waals surface area contributed by atoms with Gasteiger partial charge in [-0.25, -0.2) is 0 Å². The fourth-order valence-electron chi connectivity index (χ4n) is 3.83. The lowest BCUT2D eigenvalue weighted by atomic mass is 10.1. The Morgan fingerprint density at radius 1 is 1.09 bits per heavy atom. The normalized spacial score (nSPS) is 17.0. The van der Waals surface area contributed by atoms with E-state index in [4.69, 9.17) is 0 Å². The molecule has 32 heavy (non-hydrogen) atoms. The topological polar surface area (TPSA) is 74.1 Å². The first-order valence-electron chi connectivity index (χ1n) is 11.3. The van der Waals surface area contributed by atoms with Crippen molar-refractivity contribution in [2.75, 3.05) is 11.9 Å². The highest BCUT2D eigenvalue weighted by Gasteiger charge is 2.30. The zero-order valence-corrected chi connectivity index (χ0v) is 19.2. The van der Waals surface area contributed by atoms with Gasteiger partial charge >= 0.3 is 0 Å². The van der Waals surface area contributed by atoms with Crippen LogP contribution in [0.4, 0.5) is 5.69 Å². The standard InChI is InChI=1S/C26H32N4O2/c1-4-5-14-22(29-28-19(2)18-20-11-7-6-8-12-20)25(31)27-23-17-16-21-13-9-10-15-24(21)30(3)26(23)32/h6-13,15,23H,4-5,14,16-18H2,1-3H3,(H,27,31)/b28-19+,29-22+/t23-/m0/s1. The molecule has 1 aliphatic heterocycles. The summed E-state index contributed by atoms with van der Waals surface area (Å²) in [5.41, 5.74) is 4.36. The number of rotatable bonds is 8. The van der Waals surface area contributed by atoms with Crippen molar-refractivity contribution < 1.29 is 9.59 Å². The van der Waals surface area contributed by atoms with Crippen LogP contribution in [0.15, 0.2) is 64.8 Å². The van der Waals surface area contributed by atoms with E-state index in [-0.39, 0.29) is 11.8 Å². The van der Waals surface area contributed by atoms with Crippen LogP contribution in [-0.4, -0.2) is 36.3 Å². The number of nitrogens with one attached hydrogen (secondary N) is 1. The SMILES string of the molecule is CCCC/C(=N\N=C(/C)Cc1ccccc1)C(=O)N[C@H]1CCc2ccccc2N(C)C1=O. The molecule has 168 valence electrons.